The maximum Gasteiger partial charge on any atom is 0.287 e. The van der Waals surface area contributed by atoms with E-state index < -0.39 is 0 Å². The second-order valence-corrected chi connectivity index (χ2v) is 8.15. The number of aryl methyl sites for hydroxylation is 1. The summed E-state index contributed by atoms with van der Waals surface area (Å²) in [6.45, 7) is 0.951. The average molecular weight is 425 g/mol. The van der Waals surface area contributed by atoms with Crippen molar-refractivity contribution in [2.75, 3.05) is 19.0 Å². The molecule has 0 saturated carbocycles. The molecular weight excluding hydrogens is 398 g/mol. The molecule has 1 aliphatic heterocycles. The Morgan fingerprint density at radius 1 is 1.20 bits per heavy atom. The number of amides is 1. The zero-order chi connectivity index (χ0) is 21.1. The van der Waals surface area contributed by atoms with E-state index in [0.717, 1.165) is 24.9 Å². The summed E-state index contributed by atoms with van der Waals surface area (Å²) < 4.78 is 7.38. The smallest absolute Gasteiger partial charge is 0.287 e. The average Bonchev–Trinajstić information content (AvgIpc) is 3.38. The first-order valence-corrected chi connectivity index (χ1v) is 10.6. The highest BCUT2D eigenvalue weighted by molar-refractivity contribution is 6.32. The van der Waals surface area contributed by atoms with E-state index in [2.05, 4.69) is 35.3 Å². The summed E-state index contributed by atoms with van der Waals surface area (Å²) in [6, 6.07) is 19.6. The van der Waals surface area contributed by atoms with Gasteiger partial charge in [0.15, 0.2) is 6.04 Å². The predicted octanol–water partition coefficient (Wildman–Crippen LogP) is 3.79. The van der Waals surface area contributed by atoms with E-state index in [4.69, 9.17) is 16.3 Å². The minimum absolute atomic E-state index is 0.0291. The molecule has 30 heavy (non-hydrogen) atoms. The number of likely N-dealkylation sites (tertiary alicyclic amines) is 1. The number of ether oxygens (including phenoxy) is 1. The van der Waals surface area contributed by atoms with Crippen LogP contribution in [0.25, 0.3) is 0 Å². The highest BCUT2D eigenvalue weighted by atomic mass is 35.5. The number of anilines is 1. The van der Waals surface area contributed by atoms with Gasteiger partial charge in [0, 0.05) is 37.3 Å². The van der Waals surface area contributed by atoms with Crippen molar-refractivity contribution in [3.63, 3.8) is 0 Å². The summed E-state index contributed by atoms with van der Waals surface area (Å²) in [5.74, 6) is 0.557. The van der Waals surface area contributed by atoms with E-state index in [1.165, 1.54) is 10.6 Å². The molecule has 0 radical (unpaired) electrons. The largest absolute Gasteiger partial charge is 0.495 e. The molecule has 3 aromatic rings. The number of rotatable bonds is 6. The zero-order valence-corrected chi connectivity index (χ0v) is 18.0. The lowest BCUT2D eigenvalue weighted by atomic mass is 10.0. The first kappa shape index (κ1) is 20.5. The van der Waals surface area contributed by atoms with E-state index >= 15 is 0 Å². The zero-order valence-electron chi connectivity index (χ0n) is 17.3. The number of nitrogens with one attached hydrogen (secondary N) is 2. The van der Waals surface area contributed by atoms with Crippen molar-refractivity contribution < 1.29 is 14.4 Å². The lowest BCUT2D eigenvalue weighted by Gasteiger charge is -2.30. The van der Waals surface area contributed by atoms with E-state index in [-0.39, 0.29) is 18.0 Å². The minimum Gasteiger partial charge on any atom is -0.495 e. The number of quaternary nitrogens is 1. The van der Waals surface area contributed by atoms with Gasteiger partial charge in [-0.2, -0.15) is 0 Å². The summed E-state index contributed by atoms with van der Waals surface area (Å²) in [6.07, 6.45) is 4.23. The van der Waals surface area contributed by atoms with Gasteiger partial charge in [-0.25, -0.2) is 0 Å². The fourth-order valence-electron chi connectivity index (χ4n) is 4.53. The van der Waals surface area contributed by atoms with Gasteiger partial charge in [-0.1, -0.05) is 41.9 Å². The molecule has 1 aromatic heterocycles. The molecule has 156 valence electrons. The Morgan fingerprint density at radius 3 is 2.67 bits per heavy atom. The van der Waals surface area contributed by atoms with Gasteiger partial charge >= 0.3 is 0 Å². The summed E-state index contributed by atoms with van der Waals surface area (Å²) in [5, 5.41) is 3.56. The van der Waals surface area contributed by atoms with Crippen LogP contribution in [-0.4, -0.2) is 24.1 Å². The number of hydrogen-bond donors (Lipinski definition) is 2. The van der Waals surface area contributed by atoms with Crippen molar-refractivity contribution in [3.8, 4) is 5.75 Å². The van der Waals surface area contributed by atoms with Crippen molar-refractivity contribution in [3.05, 3.63) is 83.1 Å². The van der Waals surface area contributed by atoms with Gasteiger partial charge in [0.25, 0.3) is 5.91 Å². The Balaban J connectivity index is 1.66. The maximum absolute atomic E-state index is 13.6. The second kappa shape index (κ2) is 8.94. The standard InChI is InChI=1S/C24H26ClN3O2/c1-27-14-6-10-20(27)21-11-7-15-28(21)23(17-8-4-3-5-9-17)24(29)26-18-12-13-22(30-2)19(25)16-18/h3-6,8-10,12-14,16,21,23H,7,11,15H2,1-2H3,(H,26,29)/p+1/t21-,23-/m0/s1. The summed E-state index contributed by atoms with van der Waals surface area (Å²) >= 11 is 6.26. The highest BCUT2D eigenvalue weighted by Crippen LogP contribution is 2.28. The van der Waals surface area contributed by atoms with Crippen LogP contribution >= 0.6 is 11.6 Å². The fraction of sp³-hybridized carbons (Fsp3) is 0.292. The number of carbonyl (C=O) groups excluding carboxylic acids is 1. The number of benzene rings is 2. The number of halogens is 1. The molecule has 2 heterocycles. The molecule has 3 atom stereocenters. The number of hydrogen-bond acceptors (Lipinski definition) is 2. The number of aromatic nitrogens is 1. The predicted molar refractivity (Wildman–Crippen MR) is 119 cm³/mol. The number of methoxy groups -OCH3 is 1. The lowest BCUT2D eigenvalue weighted by Crippen LogP contribution is -3.11. The van der Waals surface area contributed by atoms with Gasteiger partial charge in [-0.05, 0) is 30.3 Å². The Hall–Kier alpha value is -2.76. The molecule has 1 saturated heterocycles. The molecule has 4 rings (SSSR count). The van der Waals surface area contributed by atoms with Crippen LogP contribution in [0.5, 0.6) is 5.75 Å². The molecule has 1 amide bonds. The van der Waals surface area contributed by atoms with Crippen molar-refractivity contribution in [1.29, 1.82) is 0 Å². The third-order valence-corrected chi connectivity index (χ3v) is 6.23. The monoisotopic (exact) mass is 424 g/mol. The molecular formula is C24H27ClN3O2+. The topological polar surface area (TPSA) is 47.7 Å². The maximum atomic E-state index is 13.6. The number of nitrogens with zero attached hydrogens (tertiary/aromatic N) is 1. The SMILES string of the molecule is COc1ccc(NC(=O)[C@H](c2ccccc2)[NH+]2CCC[C@H]2c2cccn2C)cc1Cl. The van der Waals surface area contributed by atoms with Gasteiger partial charge in [-0.3, -0.25) is 4.79 Å². The summed E-state index contributed by atoms with van der Waals surface area (Å²) in [4.78, 5) is 14.8. The lowest BCUT2D eigenvalue weighted by molar-refractivity contribution is -0.940. The normalized spacial score (nSPS) is 19.4. The van der Waals surface area contributed by atoms with Gasteiger partial charge in [-0.15, -0.1) is 0 Å². The van der Waals surface area contributed by atoms with Crippen LogP contribution in [0.4, 0.5) is 5.69 Å². The fourth-order valence-corrected chi connectivity index (χ4v) is 4.79. The Morgan fingerprint density at radius 2 is 2.00 bits per heavy atom. The molecule has 5 nitrogen and oxygen atoms in total. The van der Waals surface area contributed by atoms with E-state index in [0.29, 0.717) is 16.5 Å². The second-order valence-electron chi connectivity index (χ2n) is 7.75. The summed E-state index contributed by atoms with van der Waals surface area (Å²) in [7, 11) is 3.65. The van der Waals surface area contributed by atoms with Crippen molar-refractivity contribution in [2.45, 2.75) is 24.9 Å². The van der Waals surface area contributed by atoms with Crippen molar-refractivity contribution >= 4 is 23.2 Å². The van der Waals surface area contributed by atoms with Gasteiger partial charge < -0.3 is 19.5 Å². The van der Waals surface area contributed by atoms with Crippen LogP contribution in [0.3, 0.4) is 0 Å². The third-order valence-electron chi connectivity index (χ3n) is 5.93. The molecule has 0 spiro atoms. The van der Waals surface area contributed by atoms with Crippen molar-refractivity contribution in [2.24, 2.45) is 7.05 Å². The molecule has 6 heteroatoms. The van der Waals surface area contributed by atoms with Crippen LogP contribution < -0.4 is 15.0 Å². The van der Waals surface area contributed by atoms with Crippen LogP contribution in [0.2, 0.25) is 5.02 Å². The van der Waals surface area contributed by atoms with Crippen LogP contribution in [0.15, 0.2) is 66.9 Å². The Labute approximate surface area is 182 Å². The van der Waals surface area contributed by atoms with Gasteiger partial charge in [0.05, 0.1) is 24.4 Å². The number of carbonyl (C=O) groups is 1. The van der Waals surface area contributed by atoms with E-state index in [1.807, 2.05) is 36.4 Å². The Bertz CT molecular complexity index is 1020. The minimum atomic E-state index is -0.311. The molecule has 2 N–H and O–H groups in total. The van der Waals surface area contributed by atoms with E-state index in [1.54, 1.807) is 19.2 Å². The molecule has 1 fully saturated rings. The molecule has 1 aliphatic rings. The molecule has 0 bridgehead atoms. The molecule has 1 unspecified atom stereocenters. The van der Waals surface area contributed by atoms with Crippen molar-refractivity contribution in [1.82, 2.24) is 4.57 Å². The Kier molecular flexibility index (Phi) is 6.11. The van der Waals surface area contributed by atoms with Crippen LogP contribution in [-0.2, 0) is 11.8 Å². The first-order valence-electron chi connectivity index (χ1n) is 10.2. The molecule has 0 aliphatic carbocycles. The third kappa shape index (κ3) is 4.09. The van der Waals surface area contributed by atoms with Gasteiger partial charge in [0.1, 0.15) is 11.8 Å². The quantitative estimate of drug-likeness (QED) is 0.632. The molecule has 2 aromatic carbocycles. The first-order chi connectivity index (χ1) is 14.6. The van der Waals surface area contributed by atoms with Gasteiger partial charge in [0.2, 0.25) is 0 Å². The summed E-state index contributed by atoms with van der Waals surface area (Å²) in [5.41, 5.74) is 2.95. The van der Waals surface area contributed by atoms with Crippen LogP contribution in [0.1, 0.15) is 36.2 Å². The van der Waals surface area contributed by atoms with Crippen LogP contribution in [0, 0.1) is 0 Å². The van der Waals surface area contributed by atoms with E-state index in [9.17, 15) is 4.79 Å². The highest BCUT2D eigenvalue weighted by Gasteiger charge is 2.41.